The van der Waals surface area contributed by atoms with Gasteiger partial charge in [0, 0.05) is 19.1 Å². The molecule has 0 saturated carbocycles. The van der Waals surface area contributed by atoms with Crippen molar-refractivity contribution >= 4 is 0 Å². The molecular weight excluding hydrogens is 176 g/mol. The molecule has 86 valence electrons. The van der Waals surface area contributed by atoms with Gasteiger partial charge in [0.25, 0.3) is 0 Å². The Kier molecular flexibility index (Phi) is 6.33. The van der Waals surface area contributed by atoms with Gasteiger partial charge in [0.2, 0.25) is 0 Å². The summed E-state index contributed by atoms with van der Waals surface area (Å²) >= 11 is 0. The van der Waals surface area contributed by atoms with E-state index in [1.165, 1.54) is 0 Å². The van der Waals surface area contributed by atoms with E-state index in [0.717, 1.165) is 25.8 Å². The van der Waals surface area contributed by atoms with Crippen molar-refractivity contribution in [3.05, 3.63) is 0 Å². The van der Waals surface area contributed by atoms with Crippen molar-refractivity contribution in [2.75, 3.05) is 20.1 Å². The Morgan fingerprint density at radius 1 is 1.36 bits per heavy atom. The van der Waals surface area contributed by atoms with Crippen LogP contribution < -0.4 is 5.73 Å². The lowest BCUT2D eigenvalue weighted by atomic mass is 10.0. The molecular formula is C11H26N2O. The molecule has 0 aromatic rings. The summed E-state index contributed by atoms with van der Waals surface area (Å²) in [5.41, 5.74) is 4.76. The molecule has 0 rings (SSSR count). The zero-order chi connectivity index (χ0) is 11.2. The first-order valence-electron chi connectivity index (χ1n) is 5.59. The second kappa shape index (κ2) is 6.38. The molecule has 1 atom stereocenters. The third-order valence-corrected chi connectivity index (χ3v) is 3.01. The smallest absolute Gasteiger partial charge is 0.0753 e. The first kappa shape index (κ1) is 13.9. The van der Waals surface area contributed by atoms with Crippen LogP contribution in [-0.2, 0) is 0 Å². The molecule has 0 saturated heterocycles. The van der Waals surface area contributed by atoms with Gasteiger partial charge >= 0.3 is 0 Å². The van der Waals surface area contributed by atoms with Crippen LogP contribution >= 0.6 is 0 Å². The Labute approximate surface area is 88.3 Å². The molecule has 0 bridgehead atoms. The zero-order valence-electron chi connectivity index (χ0n) is 10.1. The van der Waals surface area contributed by atoms with Crippen LogP contribution in [0.1, 0.15) is 40.0 Å². The molecule has 0 aliphatic carbocycles. The second-order valence-corrected chi connectivity index (χ2v) is 4.40. The van der Waals surface area contributed by atoms with E-state index in [1.807, 2.05) is 0 Å². The van der Waals surface area contributed by atoms with Crippen LogP contribution in [0, 0.1) is 0 Å². The molecule has 3 nitrogen and oxygen atoms in total. The molecule has 14 heavy (non-hydrogen) atoms. The Bertz CT molecular complexity index is 144. The Morgan fingerprint density at radius 2 is 1.86 bits per heavy atom. The molecule has 0 amide bonds. The van der Waals surface area contributed by atoms with Gasteiger partial charge in [-0.2, -0.15) is 0 Å². The number of aliphatic hydroxyl groups is 1. The van der Waals surface area contributed by atoms with Gasteiger partial charge in [-0.3, -0.25) is 0 Å². The molecule has 0 heterocycles. The minimum atomic E-state index is -0.708. The normalized spacial score (nSPS) is 16.3. The van der Waals surface area contributed by atoms with Crippen LogP contribution in [0.3, 0.4) is 0 Å². The zero-order valence-corrected chi connectivity index (χ0v) is 10.1. The summed E-state index contributed by atoms with van der Waals surface area (Å²) in [7, 11) is 2.12. The van der Waals surface area contributed by atoms with Crippen molar-refractivity contribution in [1.82, 2.24) is 4.90 Å². The maximum absolute atomic E-state index is 9.75. The molecule has 0 spiro atoms. The molecule has 3 N–H and O–H groups in total. The number of rotatable bonds is 7. The molecule has 0 radical (unpaired) electrons. The second-order valence-electron chi connectivity index (χ2n) is 4.40. The Balaban J connectivity index is 3.88. The molecule has 0 aliphatic rings. The highest BCUT2D eigenvalue weighted by Gasteiger charge is 2.20. The third-order valence-electron chi connectivity index (χ3n) is 3.01. The van der Waals surface area contributed by atoms with E-state index in [4.69, 9.17) is 5.73 Å². The molecule has 1 unspecified atom stereocenters. The quantitative estimate of drug-likeness (QED) is 0.652. The Morgan fingerprint density at radius 3 is 2.21 bits per heavy atom. The summed E-state index contributed by atoms with van der Waals surface area (Å²) < 4.78 is 0. The maximum Gasteiger partial charge on any atom is 0.0753 e. The molecule has 0 fully saturated rings. The van der Waals surface area contributed by atoms with Gasteiger partial charge in [0.05, 0.1) is 5.60 Å². The lowest BCUT2D eigenvalue weighted by Gasteiger charge is -2.29. The van der Waals surface area contributed by atoms with Gasteiger partial charge in [-0.05, 0) is 33.2 Å². The fraction of sp³-hybridized carbons (Fsp3) is 1.00. The van der Waals surface area contributed by atoms with Crippen LogP contribution in [0.25, 0.3) is 0 Å². The van der Waals surface area contributed by atoms with Gasteiger partial charge in [-0.15, -0.1) is 0 Å². The topological polar surface area (TPSA) is 49.5 Å². The van der Waals surface area contributed by atoms with Crippen LogP contribution in [0.5, 0.6) is 0 Å². The molecule has 3 heteroatoms. The van der Waals surface area contributed by atoms with Crippen LogP contribution in [0.2, 0.25) is 0 Å². The summed E-state index contributed by atoms with van der Waals surface area (Å²) in [6.45, 7) is 7.45. The first-order valence-corrected chi connectivity index (χ1v) is 5.59. The molecule has 0 aliphatic heterocycles. The van der Waals surface area contributed by atoms with Crippen molar-refractivity contribution < 1.29 is 5.11 Å². The summed E-state index contributed by atoms with van der Waals surface area (Å²) in [5, 5.41) is 9.75. The average molecular weight is 202 g/mol. The highest BCUT2D eigenvalue weighted by molar-refractivity contribution is 4.76. The van der Waals surface area contributed by atoms with E-state index < -0.39 is 5.60 Å². The highest BCUT2D eigenvalue weighted by Crippen LogP contribution is 2.11. The highest BCUT2D eigenvalue weighted by atomic mass is 16.3. The lowest BCUT2D eigenvalue weighted by Crippen LogP contribution is -2.40. The Hall–Kier alpha value is -0.120. The van der Waals surface area contributed by atoms with Crippen molar-refractivity contribution in [2.24, 2.45) is 5.73 Å². The average Bonchev–Trinajstić information content (AvgIpc) is 2.17. The summed E-state index contributed by atoms with van der Waals surface area (Å²) in [6.07, 6.45) is 3.08. The minimum Gasteiger partial charge on any atom is -0.389 e. The molecule has 0 aromatic carbocycles. The van der Waals surface area contributed by atoms with Crippen molar-refractivity contribution in [1.29, 1.82) is 0 Å². The van der Waals surface area contributed by atoms with Gasteiger partial charge in [-0.25, -0.2) is 0 Å². The number of nitrogens with zero attached hydrogens (tertiary/aromatic N) is 1. The van der Waals surface area contributed by atoms with Crippen molar-refractivity contribution in [3.63, 3.8) is 0 Å². The van der Waals surface area contributed by atoms with Gasteiger partial charge in [-0.1, -0.05) is 13.8 Å². The van der Waals surface area contributed by atoms with Gasteiger partial charge < -0.3 is 15.7 Å². The van der Waals surface area contributed by atoms with Gasteiger partial charge in [0.1, 0.15) is 0 Å². The number of hydrogen-bond donors (Lipinski definition) is 2. The van der Waals surface area contributed by atoms with Crippen LogP contribution in [-0.4, -0.2) is 41.8 Å². The number of nitrogens with two attached hydrogens (primary N) is 1. The summed E-state index contributed by atoms with van der Waals surface area (Å²) in [5.74, 6) is 0. The number of hydrogen-bond acceptors (Lipinski definition) is 3. The largest absolute Gasteiger partial charge is 0.389 e. The predicted octanol–water partition coefficient (Wildman–Crippen LogP) is 1.21. The summed E-state index contributed by atoms with van der Waals surface area (Å²) in [4.78, 5) is 2.31. The van der Waals surface area contributed by atoms with Crippen molar-refractivity contribution in [3.8, 4) is 0 Å². The van der Waals surface area contributed by atoms with E-state index in [-0.39, 0.29) is 0 Å². The predicted molar refractivity (Wildman–Crippen MR) is 61.3 cm³/mol. The fourth-order valence-electron chi connectivity index (χ4n) is 1.61. The van der Waals surface area contributed by atoms with E-state index >= 15 is 0 Å². The first-order chi connectivity index (χ1) is 6.46. The monoisotopic (exact) mass is 202 g/mol. The fourth-order valence-corrected chi connectivity index (χ4v) is 1.61. The SMILES string of the molecule is CCC(CC)N(C)CCC(C)(O)CN. The van der Waals surface area contributed by atoms with Gasteiger partial charge in [0.15, 0.2) is 0 Å². The molecule has 0 aromatic heterocycles. The van der Waals surface area contributed by atoms with Crippen molar-refractivity contribution in [2.45, 2.75) is 51.7 Å². The third kappa shape index (κ3) is 4.94. The van der Waals surface area contributed by atoms with E-state index in [9.17, 15) is 5.11 Å². The maximum atomic E-state index is 9.75. The van der Waals surface area contributed by atoms with Crippen LogP contribution in [0.15, 0.2) is 0 Å². The van der Waals surface area contributed by atoms with E-state index in [0.29, 0.717) is 12.6 Å². The van der Waals surface area contributed by atoms with E-state index in [2.05, 4.69) is 25.8 Å². The van der Waals surface area contributed by atoms with E-state index in [1.54, 1.807) is 6.92 Å². The summed E-state index contributed by atoms with van der Waals surface area (Å²) in [6, 6.07) is 0.628. The minimum absolute atomic E-state index is 0.337. The van der Waals surface area contributed by atoms with Crippen LogP contribution in [0.4, 0.5) is 0 Å². The lowest BCUT2D eigenvalue weighted by molar-refractivity contribution is 0.0452. The standard InChI is InChI=1S/C11H26N2O/c1-5-10(6-2)13(4)8-7-11(3,14)9-12/h10,14H,5-9,12H2,1-4H3.